The molecule has 100 valence electrons. The molecule has 0 spiro atoms. The molecule has 2 aromatic rings. The number of rotatable bonds is 5. The zero-order chi connectivity index (χ0) is 13.7. The van der Waals surface area contributed by atoms with Gasteiger partial charge in [-0.2, -0.15) is 0 Å². The van der Waals surface area contributed by atoms with Crippen LogP contribution in [0, 0.1) is 10.5 Å². The van der Waals surface area contributed by atoms with Gasteiger partial charge in [0, 0.05) is 27.6 Å². The summed E-state index contributed by atoms with van der Waals surface area (Å²) in [6, 6.07) is 9.66. The van der Waals surface area contributed by atoms with E-state index in [1.54, 1.807) is 0 Å². The number of nitrogens with one attached hydrogen (secondary N) is 2. The number of aryl methyl sites for hydroxylation is 2. The van der Waals surface area contributed by atoms with Gasteiger partial charge >= 0.3 is 0 Å². The van der Waals surface area contributed by atoms with Crippen LogP contribution in [0.25, 0.3) is 0 Å². The van der Waals surface area contributed by atoms with Crippen molar-refractivity contribution >= 4 is 28.5 Å². The molecule has 19 heavy (non-hydrogen) atoms. The van der Waals surface area contributed by atoms with E-state index in [2.05, 4.69) is 45.9 Å². The predicted octanol–water partition coefficient (Wildman–Crippen LogP) is 3.29. The van der Waals surface area contributed by atoms with Gasteiger partial charge in [0.05, 0.1) is 0 Å². The lowest BCUT2D eigenvalue weighted by molar-refractivity contribution is 0.0953. The van der Waals surface area contributed by atoms with Crippen LogP contribution in [-0.4, -0.2) is 17.4 Å². The van der Waals surface area contributed by atoms with Crippen LogP contribution in [0.4, 0.5) is 0 Å². The molecular weight excluding hydrogens is 351 g/mol. The van der Waals surface area contributed by atoms with Crippen LogP contribution in [-0.2, 0) is 6.42 Å². The van der Waals surface area contributed by atoms with Crippen molar-refractivity contribution in [2.24, 2.45) is 0 Å². The third-order valence-electron chi connectivity index (χ3n) is 3.06. The minimum atomic E-state index is -0.000363. The molecule has 0 fully saturated rings. The predicted molar refractivity (Wildman–Crippen MR) is 85.3 cm³/mol. The number of hydrogen-bond acceptors (Lipinski definition) is 1. The van der Waals surface area contributed by atoms with Crippen molar-refractivity contribution in [3.8, 4) is 0 Å². The molecule has 0 radical (unpaired) electrons. The van der Waals surface area contributed by atoms with E-state index in [1.165, 1.54) is 11.3 Å². The highest BCUT2D eigenvalue weighted by Crippen LogP contribution is 2.08. The van der Waals surface area contributed by atoms with Crippen LogP contribution in [0.5, 0.6) is 0 Å². The fraction of sp³-hybridized carbons (Fsp3) is 0.267. The Labute approximate surface area is 126 Å². The van der Waals surface area contributed by atoms with Gasteiger partial charge in [-0.25, -0.2) is 0 Å². The number of benzene rings is 1. The Morgan fingerprint density at radius 2 is 2.00 bits per heavy atom. The molecule has 1 aromatic carbocycles. The minimum Gasteiger partial charge on any atom is -0.365 e. The first-order valence-electron chi connectivity index (χ1n) is 6.33. The molecule has 0 saturated carbocycles. The van der Waals surface area contributed by atoms with Crippen LogP contribution >= 0.6 is 22.6 Å². The van der Waals surface area contributed by atoms with Crippen molar-refractivity contribution in [3.05, 3.63) is 56.9 Å². The molecule has 0 aliphatic heterocycles. The molecule has 4 heteroatoms. The first-order valence-corrected chi connectivity index (χ1v) is 7.41. The van der Waals surface area contributed by atoms with E-state index in [9.17, 15) is 4.79 Å². The zero-order valence-corrected chi connectivity index (χ0v) is 13.0. The number of hydrogen-bond donors (Lipinski definition) is 2. The summed E-state index contributed by atoms with van der Waals surface area (Å²) >= 11 is 2.23. The molecule has 0 bridgehead atoms. The van der Waals surface area contributed by atoms with E-state index in [4.69, 9.17) is 0 Å². The van der Waals surface area contributed by atoms with Crippen LogP contribution in [0.15, 0.2) is 36.5 Å². The highest BCUT2D eigenvalue weighted by atomic mass is 127. The first kappa shape index (κ1) is 14.1. The van der Waals surface area contributed by atoms with Gasteiger partial charge in [0.2, 0.25) is 0 Å². The summed E-state index contributed by atoms with van der Waals surface area (Å²) in [6.45, 7) is 2.79. The van der Waals surface area contributed by atoms with E-state index in [-0.39, 0.29) is 5.91 Å². The Morgan fingerprint density at radius 3 is 2.63 bits per heavy atom. The van der Waals surface area contributed by atoms with Gasteiger partial charge in [0.1, 0.15) is 0 Å². The smallest absolute Gasteiger partial charge is 0.251 e. The third kappa shape index (κ3) is 4.09. The highest BCUT2D eigenvalue weighted by Gasteiger charge is 2.04. The summed E-state index contributed by atoms with van der Waals surface area (Å²) in [6.07, 6.45) is 3.86. The SMILES string of the molecule is Cc1cc[nH]c1CCCNC(=O)c1ccc(I)cc1. The maximum Gasteiger partial charge on any atom is 0.251 e. The molecule has 0 aliphatic rings. The lowest BCUT2D eigenvalue weighted by Crippen LogP contribution is -2.24. The molecule has 0 atom stereocenters. The lowest BCUT2D eigenvalue weighted by atomic mass is 10.1. The van der Waals surface area contributed by atoms with Crippen molar-refractivity contribution in [3.63, 3.8) is 0 Å². The van der Waals surface area contributed by atoms with E-state index >= 15 is 0 Å². The molecule has 1 aromatic heterocycles. The fourth-order valence-corrected chi connectivity index (χ4v) is 2.28. The van der Waals surface area contributed by atoms with E-state index in [0.717, 1.165) is 22.0 Å². The number of carbonyl (C=O) groups excluding carboxylic acids is 1. The van der Waals surface area contributed by atoms with Crippen molar-refractivity contribution in [2.75, 3.05) is 6.54 Å². The fourth-order valence-electron chi connectivity index (χ4n) is 1.92. The Hall–Kier alpha value is -1.30. The Balaban J connectivity index is 1.75. The average Bonchev–Trinajstić information content (AvgIpc) is 2.81. The van der Waals surface area contributed by atoms with Gasteiger partial charge in [0.25, 0.3) is 5.91 Å². The number of H-pyrrole nitrogens is 1. The van der Waals surface area contributed by atoms with Gasteiger partial charge in [-0.1, -0.05) is 0 Å². The summed E-state index contributed by atoms with van der Waals surface area (Å²) < 4.78 is 1.14. The molecule has 1 amide bonds. The summed E-state index contributed by atoms with van der Waals surface area (Å²) in [4.78, 5) is 15.1. The molecule has 2 N–H and O–H groups in total. The first-order chi connectivity index (χ1) is 9.16. The highest BCUT2D eigenvalue weighted by molar-refractivity contribution is 14.1. The van der Waals surface area contributed by atoms with Crippen LogP contribution < -0.4 is 5.32 Å². The van der Waals surface area contributed by atoms with Crippen molar-refractivity contribution in [2.45, 2.75) is 19.8 Å². The summed E-state index contributed by atoms with van der Waals surface area (Å²) in [5, 5.41) is 2.95. The van der Waals surface area contributed by atoms with E-state index < -0.39 is 0 Å². The number of halogens is 1. The van der Waals surface area contributed by atoms with Gasteiger partial charge in [-0.05, 0) is 78.3 Å². The largest absolute Gasteiger partial charge is 0.365 e. The molecule has 0 aliphatic carbocycles. The van der Waals surface area contributed by atoms with Crippen molar-refractivity contribution < 1.29 is 4.79 Å². The molecule has 2 rings (SSSR count). The Morgan fingerprint density at radius 1 is 1.26 bits per heavy atom. The van der Waals surface area contributed by atoms with E-state index in [0.29, 0.717) is 6.54 Å². The second-order valence-electron chi connectivity index (χ2n) is 4.51. The monoisotopic (exact) mass is 368 g/mol. The van der Waals surface area contributed by atoms with Crippen molar-refractivity contribution in [1.82, 2.24) is 10.3 Å². The van der Waals surface area contributed by atoms with Crippen LogP contribution in [0.2, 0.25) is 0 Å². The molecule has 1 heterocycles. The summed E-state index contributed by atoms with van der Waals surface area (Å²) in [5.41, 5.74) is 3.25. The molecule has 3 nitrogen and oxygen atoms in total. The molecular formula is C15H17IN2O. The van der Waals surface area contributed by atoms with Gasteiger partial charge < -0.3 is 10.3 Å². The zero-order valence-electron chi connectivity index (χ0n) is 10.9. The lowest BCUT2D eigenvalue weighted by Gasteiger charge is -2.05. The van der Waals surface area contributed by atoms with Gasteiger partial charge in [-0.3, -0.25) is 4.79 Å². The van der Waals surface area contributed by atoms with Crippen molar-refractivity contribution in [1.29, 1.82) is 0 Å². The van der Waals surface area contributed by atoms with Gasteiger partial charge in [-0.15, -0.1) is 0 Å². The third-order valence-corrected chi connectivity index (χ3v) is 3.78. The number of aromatic nitrogens is 1. The molecule has 0 unspecified atom stereocenters. The maximum absolute atomic E-state index is 11.9. The average molecular weight is 368 g/mol. The number of carbonyl (C=O) groups is 1. The van der Waals surface area contributed by atoms with Crippen LogP contribution in [0.3, 0.4) is 0 Å². The standard InChI is InChI=1S/C15H17IN2O/c1-11-8-10-17-14(11)3-2-9-18-15(19)12-4-6-13(16)7-5-12/h4-8,10,17H,2-3,9H2,1H3,(H,18,19). The second kappa shape index (κ2) is 6.75. The van der Waals surface area contributed by atoms with E-state index in [1.807, 2.05) is 30.5 Å². The summed E-state index contributed by atoms with van der Waals surface area (Å²) in [7, 11) is 0. The van der Waals surface area contributed by atoms with Gasteiger partial charge in [0.15, 0.2) is 0 Å². The second-order valence-corrected chi connectivity index (χ2v) is 5.75. The topological polar surface area (TPSA) is 44.9 Å². The van der Waals surface area contributed by atoms with Crippen LogP contribution in [0.1, 0.15) is 28.0 Å². The quantitative estimate of drug-likeness (QED) is 0.618. The Bertz CT molecular complexity index is 546. The Kier molecular flexibility index (Phi) is 5.01. The molecule has 0 saturated heterocycles. The maximum atomic E-state index is 11.9. The number of aromatic amines is 1. The summed E-state index contributed by atoms with van der Waals surface area (Å²) in [5.74, 6) is -0.000363. The normalized spacial score (nSPS) is 10.4. The number of amides is 1. The minimum absolute atomic E-state index is 0.000363.